The molecule has 0 spiro atoms. The molecule has 33 heavy (non-hydrogen) atoms. The van der Waals surface area contributed by atoms with E-state index in [1.54, 1.807) is 14.0 Å². The van der Waals surface area contributed by atoms with E-state index < -0.39 is 12.0 Å². The molecule has 1 N–H and O–H groups in total. The van der Waals surface area contributed by atoms with Crippen molar-refractivity contribution in [2.75, 3.05) is 39.8 Å². The number of urea groups is 1. The molecule has 2 heterocycles. The van der Waals surface area contributed by atoms with Crippen LogP contribution in [0, 0.1) is 5.92 Å². The highest BCUT2D eigenvalue weighted by Gasteiger charge is 2.38. The number of likely N-dealkylation sites (N-methyl/N-ethyl adjacent to an activating group) is 1. The molecule has 1 fully saturated rings. The number of ether oxygens (including phenoxy) is 1. The van der Waals surface area contributed by atoms with Gasteiger partial charge in [0.25, 0.3) is 0 Å². The molecule has 1 saturated heterocycles. The van der Waals surface area contributed by atoms with Crippen LogP contribution in [0.3, 0.4) is 0 Å². The van der Waals surface area contributed by atoms with Gasteiger partial charge in [0.15, 0.2) is 0 Å². The van der Waals surface area contributed by atoms with Crippen LogP contribution in [0.2, 0.25) is 0 Å². The number of carbonyl (C=O) groups excluding carboxylic acids is 3. The average Bonchev–Trinajstić information content (AvgIpc) is 2.77. The van der Waals surface area contributed by atoms with E-state index in [1.807, 2.05) is 35.2 Å². The quantitative estimate of drug-likeness (QED) is 0.638. The Morgan fingerprint density at radius 1 is 1.18 bits per heavy atom. The molecular formula is C25H36N4O4. The van der Waals surface area contributed by atoms with Crippen molar-refractivity contribution in [3.05, 3.63) is 47.2 Å². The molecule has 0 unspecified atom stereocenters. The molecule has 8 nitrogen and oxygen atoms in total. The van der Waals surface area contributed by atoms with Crippen LogP contribution in [0.25, 0.3) is 0 Å². The first-order valence-electron chi connectivity index (χ1n) is 11.7. The lowest BCUT2D eigenvalue weighted by molar-refractivity contribution is -0.139. The molecule has 2 aliphatic rings. The smallest absolute Gasteiger partial charge is 0.338 e. The Bertz CT molecular complexity index is 899. The normalized spacial score (nSPS) is 21.9. The van der Waals surface area contributed by atoms with E-state index in [9.17, 15) is 14.4 Å². The van der Waals surface area contributed by atoms with Crippen molar-refractivity contribution in [2.45, 2.75) is 46.2 Å². The van der Waals surface area contributed by atoms with E-state index in [0.717, 1.165) is 5.56 Å². The van der Waals surface area contributed by atoms with Gasteiger partial charge in [0.1, 0.15) is 0 Å². The SMILES string of the molecule is CCOC(=O)C1=C(CN2CCN(C(=O)CC(C)C)[C@@H](C)C2)N(C)C(=O)N[C@@H]1c1ccccc1. The molecule has 3 amide bonds. The number of amides is 3. The largest absolute Gasteiger partial charge is 0.463 e. The molecule has 2 atom stereocenters. The zero-order chi connectivity index (χ0) is 24.1. The lowest BCUT2D eigenvalue weighted by Crippen LogP contribution is -2.56. The van der Waals surface area contributed by atoms with Gasteiger partial charge >= 0.3 is 12.0 Å². The molecule has 180 valence electrons. The van der Waals surface area contributed by atoms with Crippen molar-refractivity contribution < 1.29 is 19.1 Å². The Morgan fingerprint density at radius 3 is 2.48 bits per heavy atom. The van der Waals surface area contributed by atoms with Gasteiger partial charge in [-0.25, -0.2) is 9.59 Å². The maximum absolute atomic E-state index is 13.1. The van der Waals surface area contributed by atoms with Crippen molar-refractivity contribution in [1.29, 1.82) is 0 Å². The van der Waals surface area contributed by atoms with Crippen molar-refractivity contribution in [3.8, 4) is 0 Å². The molecule has 0 saturated carbocycles. The minimum atomic E-state index is -0.574. The standard InChI is InChI=1S/C25H36N4O4/c1-6-33-24(31)22-20(27(5)25(32)26-23(22)19-10-8-7-9-11-19)16-28-12-13-29(18(4)15-28)21(30)14-17(2)3/h7-11,17-18,23H,6,12-16H2,1-5H3,(H,26,32)/t18-,23+/m0/s1. The average molecular weight is 457 g/mol. The van der Waals surface area contributed by atoms with Crippen LogP contribution < -0.4 is 5.32 Å². The predicted octanol–water partition coefficient (Wildman–Crippen LogP) is 2.78. The van der Waals surface area contributed by atoms with E-state index >= 15 is 0 Å². The second-order valence-corrected chi connectivity index (χ2v) is 9.20. The molecule has 0 aliphatic carbocycles. The summed E-state index contributed by atoms with van der Waals surface area (Å²) in [6, 6.07) is 8.69. The van der Waals surface area contributed by atoms with Crippen LogP contribution in [0.1, 0.15) is 45.7 Å². The van der Waals surface area contributed by atoms with E-state index in [-0.39, 0.29) is 24.6 Å². The van der Waals surface area contributed by atoms with E-state index in [0.29, 0.717) is 49.8 Å². The molecule has 0 radical (unpaired) electrons. The first-order chi connectivity index (χ1) is 15.7. The summed E-state index contributed by atoms with van der Waals surface area (Å²) in [6.45, 7) is 10.6. The fourth-order valence-electron chi connectivity index (χ4n) is 4.52. The summed E-state index contributed by atoms with van der Waals surface area (Å²) in [6.07, 6.45) is 0.546. The van der Waals surface area contributed by atoms with Gasteiger partial charge in [-0.05, 0) is 25.3 Å². The van der Waals surface area contributed by atoms with E-state index in [1.165, 1.54) is 4.90 Å². The summed E-state index contributed by atoms with van der Waals surface area (Å²) >= 11 is 0. The molecular weight excluding hydrogens is 420 g/mol. The van der Waals surface area contributed by atoms with Crippen molar-refractivity contribution in [1.82, 2.24) is 20.0 Å². The number of carbonyl (C=O) groups is 3. The number of rotatable bonds is 7. The van der Waals surface area contributed by atoms with Crippen LogP contribution in [0.15, 0.2) is 41.6 Å². The Morgan fingerprint density at radius 2 is 1.88 bits per heavy atom. The Labute approximate surface area is 196 Å². The van der Waals surface area contributed by atoms with E-state index in [2.05, 4.69) is 31.0 Å². The highest BCUT2D eigenvalue weighted by Crippen LogP contribution is 2.31. The molecule has 0 bridgehead atoms. The van der Waals surface area contributed by atoms with Gasteiger partial charge in [-0.1, -0.05) is 44.2 Å². The van der Waals surface area contributed by atoms with Gasteiger partial charge in [0, 0.05) is 51.4 Å². The molecule has 3 rings (SSSR count). The zero-order valence-electron chi connectivity index (χ0n) is 20.3. The fraction of sp³-hybridized carbons (Fsp3) is 0.560. The molecule has 8 heteroatoms. The minimum Gasteiger partial charge on any atom is -0.463 e. The lowest BCUT2D eigenvalue weighted by atomic mass is 9.94. The number of esters is 1. The van der Waals surface area contributed by atoms with Crippen LogP contribution in [-0.2, 0) is 14.3 Å². The van der Waals surface area contributed by atoms with Gasteiger partial charge < -0.3 is 15.0 Å². The molecule has 2 aliphatic heterocycles. The summed E-state index contributed by atoms with van der Waals surface area (Å²) in [5.41, 5.74) is 1.92. The first-order valence-corrected chi connectivity index (χ1v) is 11.7. The monoisotopic (exact) mass is 456 g/mol. The molecule has 1 aromatic carbocycles. The number of nitrogens with one attached hydrogen (secondary N) is 1. The van der Waals surface area contributed by atoms with Crippen molar-refractivity contribution in [3.63, 3.8) is 0 Å². The molecule has 0 aromatic heterocycles. The number of piperazine rings is 1. The number of hydrogen-bond acceptors (Lipinski definition) is 5. The van der Waals surface area contributed by atoms with Crippen LogP contribution >= 0.6 is 0 Å². The first kappa shape index (κ1) is 24.8. The maximum Gasteiger partial charge on any atom is 0.338 e. The van der Waals surface area contributed by atoms with Crippen LogP contribution in [0.4, 0.5) is 4.79 Å². The van der Waals surface area contributed by atoms with Crippen LogP contribution in [0.5, 0.6) is 0 Å². The van der Waals surface area contributed by atoms with Gasteiger partial charge in [-0.15, -0.1) is 0 Å². The summed E-state index contributed by atoms with van der Waals surface area (Å²) in [7, 11) is 1.68. The van der Waals surface area contributed by atoms with Crippen molar-refractivity contribution in [2.24, 2.45) is 5.92 Å². The summed E-state index contributed by atoms with van der Waals surface area (Å²) in [5.74, 6) is 0.0817. The van der Waals surface area contributed by atoms with Crippen molar-refractivity contribution >= 4 is 17.9 Å². The third kappa shape index (κ3) is 5.74. The lowest BCUT2D eigenvalue weighted by Gasteiger charge is -2.42. The van der Waals surface area contributed by atoms with Gasteiger partial charge in [-0.2, -0.15) is 0 Å². The third-order valence-electron chi connectivity index (χ3n) is 6.19. The predicted molar refractivity (Wildman–Crippen MR) is 126 cm³/mol. The van der Waals surface area contributed by atoms with E-state index in [4.69, 9.17) is 4.74 Å². The van der Waals surface area contributed by atoms with Gasteiger partial charge in [-0.3, -0.25) is 14.6 Å². The summed E-state index contributed by atoms with van der Waals surface area (Å²) < 4.78 is 5.40. The summed E-state index contributed by atoms with van der Waals surface area (Å²) in [5, 5.41) is 2.94. The third-order valence-corrected chi connectivity index (χ3v) is 6.19. The Hall–Kier alpha value is -2.87. The minimum absolute atomic E-state index is 0.0595. The summed E-state index contributed by atoms with van der Waals surface area (Å²) in [4.78, 5) is 44.1. The number of benzene rings is 1. The fourth-order valence-corrected chi connectivity index (χ4v) is 4.52. The Kier molecular flexibility index (Phi) is 8.13. The molecule has 1 aromatic rings. The second kappa shape index (κ2) is 10.8. The zero-order valence-corrected chi connectivity index (χ0v) is 20.3. The highest BCUT2D eigenvalue weighted by atomic mass is 16.5. The Balaban J connectivity index is 1.88. The van der Waals surface area contributed by atoms with Gasteiger partial charge in [0.05, 0.1) is 18.2 Å². The second-order valence-electron chi connectivity index (χ2n) is 9.20. The van der Waals surface area contributed by atoms with Crippen LogP contribution in [-0.4, -0.2) is 78.5 Å². The number of hydrogen-bond donors (Lipinski definition) is 1. The van der Waals surface area contributed by atoms with Gasteiger partial charge in [0.2, 0.25) is 5.91 Å². The highest BCUT2D eigenvalue weighted by molar-refractivity contribution is 5.95. The number of nitrogens with zero attached hydrogens (tertiary/aromatic N) is 3. The maximum atomic E-state index is 13.1. The topological polar surface area (TPSA) is 82.2 Å².